The van der Waals surface area contributed by atoms with Gasteiger partial charge in [0.25, 0.3) is 5.91 Å². The van der Waals surface area contributed by atoms with Gasteiger partial charge in [-0.15, -0.1) is 0 Å². The number of aromatic nitrogens is 1. The number of rotatable bonds is 7. The molecule has 3 rings (SSSR count). The molecule has 1 aliphatic carbocycles. The average molecular weight is 403 g/mol. The summed E-state index contributed by atoms with van der Waals surface area (Å²) in [6.07, 6.45) is 9.07. The molecule has 1 aliphatic heterocycles. The summed E-state index contributed by atoms with van der Waals surface area (Å²) in [5.74, 6) is -0.0402. The van der Waals surface area contributed by atoms with Crippen molar-refractivity contribution in [2.45, 2.75) is 103 Å². The normalized spacial score (nSPS) is 25.4. The molecule has 2 N–H and O–H groups in total. The molecule has 6 heteroatoms. The molecule has 2 fully saturated rings. The molecule has 0 spiro atoms. The van der Waals surface area contributed by atoms with Crippen LogP contribution in [-0.4, -0.2) is 51.5 Å². The number of aryl methyl sites for hydroxylation is 1. The van der Waals surface area contributed by atoms with Crippen molar-refractivity contribution in [2.75, 3.05) is 6.54 Å². The van der Waals surface area contributed by atoms with Crippen molar-refractivity contribution < 1.29 is 9.59 Å². The van der Waals surface area contributed by atoms with Crippen LogP contribution < -0.4 is 10.6 Å². The minimum atomic E-state index is -0.387. The third-order valence-corrected chi connectivity index (χ3v) is 6.13. The molecule has 0 radical (unpaired) electrons. The average Bonchev–Trinajstić information content (AvgIpc) is 3.27. The van der Waals surface area contributed by atoms with Crippen molar-refractivity contribution in [1.82, 2.24) is 20.1 Å². The molecule has 1 saturated carbocycles. The van der Waals surface area contributed by atoms with Gasteiger partial charge in [-0.3, -0.25) is 9.59 Å². The smallest absolute Gasteiger partial charge is 0.268 e. The monoisotopic (exact) mass is 402 g/mol. The highest BCUT2D eigenvalue weighted by molar-refractivity contribution is 5.97. The van der Waals surface area contributed by atoms with Crippen molar-refractivity contribution in [1.29, 1.82) is 0 Å². The summed E-state index contributed by atoms with van der Waals surface area (Å²) in [6.45, 7) is 10.3. The molecule has 162 valence electrons. The summed E-state index contributed by atoms with van der Waals surface area (Å²) in [4.78, 5) is 27.7. The van der Waals surface area contributed by atoms with Crippen molar-refractivity contribution in [3.05, 3.63) is 24.0 Å². The Balaban J connectivity index is 1.52. The van der Waals surface area contributed by atoms with Gasteiger partial charge < -0.3 is 20.1 Å². The molecular weight excluding hydrogens is 364 g/mol. The lowest BCUT2D eigenvalue weighted by molar-refractivity contribution is -0.131. The SMILES string of the molecule is CCCCn1cccc1C(=O)NC1CCN(C2CCC(NC(C)(C)C)CC2)C1=O. The number of carbonyl (C=O) groups is 2. The predicted molar refractivity (Wildman–Crippen MR) is 116 cm³/mol. The predicted octanol–water partition coefficient (Wildman–Crippen LogP) is 3.32. The molecule has 1 aromatic heterocycles. The van der Waals surface area contributed by atoms with Gasteiger partial charge in [0.15, 0.2) is 0 Å². The molecule has 0 bridgehead atoms. The maximum atomic E-state index is 13.0. The Bertz CT molecular complexity index is 698. The van der Waals surface area contributed by atoms with E-state index in [1.807, 2.05) is 27.8 Å². The number of likely N-dealkylation sites (tertiary alicyclic amines) is 1. The zero-order chi connectivity index (χ0) is 21.0. The van der Waals surface area contributed by atoms with Crippen LogP contribution in [0.4, 0.5) is 0 Å². The number of unbranched alkanes of at least 4 members (excludes halogenated alkanes) is 1. The van der Waals surface area contributed by atoms with Crippen LogP contribution in [0, 0.1) is 0 Å². The molecule has 6 nitrogen and oxygen atoms in total. The summed E-state index contributed by atoms with van der Waals surface area (Å²) >= 11 is 0. The number of nitrogens with zero attached hydrogens (tertiary/aromatic N) is 2. The first-order valence-corrected chi connectivity index (χ1v) is 11.3. The van der Waals surface area contributed by atoms with Crippen LogP contribution in [0.5, 0.6) is 0 Å². The fourth-order valence-corrected chi connectivity index (χ4v) is 4.72. The van der Waals surface area contributed by atoms with E-state index >= 15 is 0 Å². The maximum absolute atomic E-state index is 13.0. The molecule has 1 atom stereocenters. The van der Waals surface area contributed by atoms with Crippen LogP contribution in [0.3, 0.4) is 0 Å². The second-order valence-corrected chi connectivity index (χ2v) is 9.69. The number of hydrogen-bond donors (Lipinski definition) is 2. The van der Waals surface area contributed by atoms with E-state index in [2.05, 4.69) is 38.3 Å². The highest BCUT2D eigenvalue weighted by Crippen LogP contribution is 2.28. The zero-order valence-electron chi connectivity index (χ0n) is 18.5. The van der Waals surface area contributed by atoms with E-state index in [-0.39, 0.29) is 23.4 Å². The van der Waals surface area contributed by atoms with Crippen molar-refractivity contribution in [3.63, 3.8) is 0 Å². The van der Waals surface area contributed by atoms with Crippen molar-refractivity contribution >= 4 is 11.8 Å². The Morgan fingerprint density at radius 2 is 1.90 bits per heavy atom. The van der Waals surface area contributed by atoms with Crippen LogP contribution in [0.25, 0.3) is 0 Å². The molecule has 0 aromatic carbocycles. The van der Waals surface area contributed by atoms with Crippen LogP contribution >= 0.6 is 0 Å². The van der Waals surface area contributed by atoms with Gasteiger partial charge >= 0.3 is 0 Å². The van der Waals surface area contributed by atoms with Gasteiger partial charge in [0, 0.05) is 36.9 Å². The van der Waals surface area contributed by atoms with E-state index in [4.69, 9.17) is 0 Å². The minimum absolute atomic E-state index is 0.0947. The van der Waals surface area contributed by atoms with E-state index in [1.54, 1.807) is 0 Å². The molecule has 29 heavy (non-hydrogen) atoms. The summed E-state index contributed by atoms with van der Waals surface area (Å²) in [6, 6.07) is 4.21. The Labute approximate surface area is 175 Å². The van der Waals surface area contributed by atoms with Gasteiger partial charge in [0.2, 0.25) is 5.91 Å². The first kappa shape index (κ1) is 21.9. The highest BCUT2D eigenvalue weighted by atomic mass is 16.2. The summed E-state index contributed by atoms with van der Waals surface area (Å²) < 4.78 is 1.99. The third-order valence-electron chi connectivity index (χ3n) is 6.13. The number of carbonyl (C=O) groups excluding carboxylic acids is 2. The molecule has 1 saturated heterocycles. The van der Waals surface area contributed by atoms with Gasteiger partial charge in [-0.05, 0) is 71.4 Å². The molecule has 2 heterocycles. The first-order valence-electron chi connectivity index (χ1n) is 11.3. The number of nitrogens with one attached hydrogen (secondary N) is 2. The Kier molecular flexibility index (Phi) is 7.04. The lowest BCUT2D eigenvalue weighted by atomic mass is 9.89. The van der Waals surface area contributed by atoms with E-state index in [0.29, 0.717) is 24.2 Å². The highest BCUT2D eigenvalue weighted by Gasteiger charge is 2.38. The topological polar surface area (TPSA) is 66.4 Å². The number of hydrogen-bond acceptors (Lipinski definition) is 3. The van der Waals surface area contributed by atoms with Crippen LogP contribution in [0.15, 0.2) is 18.3 Å². The molecular formula is C23H38N4O2. The van der Waals surface area contributed by atoms with Gasteiger partial charge in [0.05, 0.1) is 0 Å². The van der Waals surface area contributed by atoms with Gasteiger partial charge in [-0.2, -0.15) is 0 Å². The van der Waals surface area contributed by atoms with E-state index in [1.165, 1.54) is 0 Å². The fourth-order valence-electron chi connectivity index (χ4n) is 4.72. The molecule has 1 aromatic rings. The molecule has 2 aliphatic rings. The second kappa shape index (κ2) is 9.33. The van der Waals surface area contributed by atoms with E-state index in [9.17, 15) is 9.59 Å². The Morgan fingerprint density at radius 1 is 1.17 bits per heavy atom. The van der Waals surface area contributed by atoms with Gasteiger partial charge in [0.1, 0.15) is 11.7 Å². The summed E-state index contributed by atoms with van der Waals surface area (Å²) in [7, 11) is 0. The summed E-state index contributed by atoms with van der Waals surface area (Å²) in [5.41, 5.74) is 0.781. The van der Waals surface area contributed by atoms with Crippen LogP contribution in [0.1, 0.15) is 83.1 Å². The van der Waals surface area contributed by atoms with Gasteiger partial charge in [-0.1, -0.05) is 13.3 Å². The molecule has 1 unspecified atom stereocenters. The zero-order valence-corrected chi connectivity index (χ0v) is 18.5. The lowest BCUT2D eigenvalue weighted by Crippen LogP contribution is -2.49. The standard InChI is InChI=1S/C23H38N4O2/c1-5-6-14-26-15-7-8-20(26)21(28)24-19-13-16-27(22(19)29)18-11-9-17(10-12-18)25-23(2,3)4/h7-8,15,17-19,25H,5-6,9-14,16H2,1-4H3,(H,24,28). The molecule has 2 amide bonds. The van der Waals surface area contributed by atoms with E-state index < -0.39 is 0 Å². The van der Waals surface area contributed by atoms with Crippen LogP contribution in [0.2, 0.25) is 0 Å². The fraction of sp³-hybridized carbons (Fsp3) is 0.739. The summed E-state index contributed by atoms with van der Waals surface area (Å²) in [5, 5.41) is 6.68. The van der Waals surface area contributed by atoms with Crippen LogP contribution in [-0.2, 0) is 11.3 Å². The number of amides is 2. The first-order chi connectivity index (χ1) is 13.8. The maximum Gasteiger partial charge on any atom is 0.268 e. The Morgan fingerprint density at radius 3 is 2.55 bits per heavy atom. The lowest BCUT2D eigenvalue weighted by Gasteiger charge is -2.37. The van der Waals surface area contributed by atoms with Crippen molar-refractivity contribution in [2.24, 2.45) is 0 Å². The second-order valence-electron chi connectivity index (χ2n) is 9.69. The Hall–Kier alpha value is -1.82. The quantitative estimate of drug-likeness (QED) is 0.735. The minimum Gasteiger partial charge on any atom is -0.344 e. The van der Waals surface area contributed by atoms with E-state index in [0.717, 1.165) is 51.6 Å². The van der Waals surface area contributed by atoms with Crippen molar-refractivity contribution in [3.8, 4) is 0 Å². The third kappa shape index (κ3) is 5.62. The largest absolute Gasteiger partial charge is 0.344 e. The van der Waals surface area contributed by atoms with Gasteiger partial charge in [-0.25, -0.2) is 0 Å².